The first-order valence-electron chi connectivity index (χ1n) is 25.7. The van der Waals surface area contributed by atoms with E-state index in [0.717, 1.165) is 28.2 Å². The van der Waals surface area contributed by atoms with Gasteiger partial charge in [0.1, 0.15) is 0 Å². The monoisotopic (exact) mass is 933 g/mol. The van der Waals surface area contributed by atoms with Crippen molar-refractivity contribution < 1.29 is 0 Å². The molecular weight excluding hydrogens is 879 g/mol. The third-order valence-electron chi connectivity index (χ3n) is 15.9. The van der Waals surface area contributed by atoms with Crippen LogP contribution in [-0.4, -0.2) is 0 Å². The minimum absolute atomic E-state index is 0.128. The Labute approximate surface area is 430 Å². The van der Waals surface area contributed by atoms with Crippen LogP contribution < -0.4 is 4.90 Å². The summed E-state index contributed by atoms with van der Waals surface area (Å²) in [5, 5.41) is 0. The fourth-order valence-electron chi connectivity index (χ4n) is 12.4. The minimum Gasteiger partial charge on any atom is -0.309 e. The second-order valence-corrected chi connectivity index (χ2v) is 20.8. The van der Waals surface area contributed by atoms with Gasteiger partial charge in [-0.05, 0) is 137 Å². The summed E-state index contributed by atoms with van der Waals surface area (Å²) in [7, 11) is 0. The Balaban J connectivity index is 0.980. The third-order valence-corrected chi connectivity index (χ3v) is 15.9. The van der Waals surface area contributed by atoms with Crippen LogP contribution in [0.5, 0.6) is 0 Å². The van der Waals surface area contributed by atoms with Crippen LogP contribution in [0.2, 0.25) is 0 Å². The van der Waals surface area contributed by atoms with Crippen molar-refractivity contribution in [3.8, 4) is 89.0 Å². The van der Waals surface area contributed by atoms with Gasteiger partial charge in [-0.15, -0.1) is 0 Å². The van der Waals surface area contributed by atoms with E-state index in [-0.39, 0.29) is 10.8 Å². The predicted molar refractivity (Wildman–Crippen MR) is 309 cm³/mol. The number of benzene rings is 11. The molecule has 0 heterocycles. The van der Waals surface area contributed by atoms with E-state index in [0.29, 0.717) is 0 Å². The van der Waals surface area contributed by atoms with Gasteiger partial charge in [0.05, 0.1) is 11.4 Å². The van der Waals surface area contributed by atoms with E-state index in [1.807, 2.05) is 0 Å². The first kappa shape index (κ1) is 44.2. The molecule has 0 amide bonds. The normalized spacial score (nSPS) is 13.4. The van der Waals surface area contributed by atoms with E-state index in [2.05, 4.69) is 293 Å². The number of para-hydroxylation sites is 2. The maximum absolute atomic E-state index is 2.49. The molecule has 11 aromatic rings. The Morgan fingerprint density at radius 1 is 0.233 bits per heavy atom. The number of anilines is 3. The van der Waals surface area contributed by atoms with E-state index in [1.54, 1.807) is 0 Å². The van der Waals surface area contributed by atoms with E-state index < -0.39 is 0 Å². The zero-order valence-corrected chi connectivity index (χ0v) is 41.8. The van der Waals surface area contributed by atoms with Gasteiger partial charge in [0.15, 0.2) is 0 Å². The van der Waals surface area contributed by atoms with Gasteiger partial charge in [0.25, 0.3) is 0 Å². The molecular formula is C72H55N. The zero-order valence-electron chi connectivity index (χ0n) is 41.8. The molecule has 348 valence electrons. The molecule has 0 fully saturated rings. The molecule has 1 heteroatoms. The van der Waals surface area contributed by atoms with Gasteiger partial charge in [-0.2, -0.15) is 0 Å². The van der Waals surface area contributed by atoms with Crippen molar-refractivity contribution in [1.82, 2.24) is 0 Å². The summed E-state index contributed by atoms with van der Waals surface area (Å²) in [5.41, 5.74) is 28.3. The van der Waals surface area contributed by atoms with Crippen LogP contribution in [0, 0.1) is 0 Å². The molecule has 0 aromatic heterocycles. The van der Waals surface area contributed by atoms with Crippen LogP contribution in [0.15, 0.2) is 261 Å². The average Bonchev–Trinajstić information content (AvgIpc) is 3.83. The summed E-state index contributed by atoms with van der Waals surface area (Å²) in [6, 6.07) is 96.6. The fourth-order valence-corrected chi connectivity index (χ4v) is 12.4. The van der Waals surface area contributed by atoms with Crippen LogP contribution in [0.3, 0.4) is 0 Å². The number of nitrogens with zero attached hydrogens (tertiary/aromatic N) is 1. The SMILES string of the molecule is CC1(C)c2ccccc2-c2ccc(-c3ccccc3N(c3ccc(-c4ccccc4-c4cccc5c4C(C)(C)c4ccccc4-5)cc3)c3ccccc3-c3ccc(-c4ccccc4)c(-c4ccccc4)c3)cc21. The van der Waals surface area contributed by atoms with Gasteiger partial charge in [0, 0.05) is 27.6 Å². The quantitative estimate of drug-likeness (QED) is 0.139. The van der Waals surface area contributed by atoms with Crippen molar-refractivity contribution in [3.05, 3.63) is 283 Å². The van der Waals surface area contributed by atoms with Gasteiger partial charge in [0.2, 0.25) is 0 Å². The van der Waals surface area contributed by atoms with Gasteiger partial charge in [-0.25, -0.2) is 0 Å². The topological polar surface area (TPSA) is 3.24 Å². The molecule has 2 aliphatic rings. The summed E-state index contributed by atoms with van der Waals surface area (Å²) in [5.74, 6) is 0. The van der Waals surface area contributed by atoms with Crippen LogP contribution in [0.25, 0.3) is 89.0 Å². The van der Waals surface area contributed by atoms with Crippen LogP contribution in [0.1, 0.15) is 49.9 Å². The standard InChI is InChI=1S/C72H55N/c1-71(2)65-34-17-13-30-59(65)61-45-41-52(47-67(61)71)57-28-16-20-37-69(57)73(68-36-19-15-27-56(68)51-40-44-55(48-22-7-5-8-23-48)64(46-51)49-24-9-6-10-25-49)53-42-38-50(39-43-53)54-26-11-12-29-58(54)62-32-21-33-63-60-31-14-18-35-66(60)72(3,4)70(62)63/h5-47H,1-4H3. The predicted octanol–water partition coefficient (Wildman–Crippen LogP) is 19.8. The second-order valence-electron chi connectivity index (χ2n) is 20.8. The van der Waals surface area contributed by atoms with Crippen LogP contribution in [0.4, 0.5) is 17.1 Å². The lowest BCUT2D eigenvalue weighted by Crippen LogP contribution is -2.16. The van der Waals surface area contributed by atoms with E-state index in [4.69, 9.17) is 0 Å². The third kappa shape index (κ3) is 7.30. The average molecular weight is 934 g/mol. The highest BCUT2D eigenvalue weighted by Gasteiger charge is 2.38. The smallest absolute Gasteiger partial charge is 0.0540 e. The minimum atomic E-state index is -0.136. The molecule has 0 spiro atoms. The highest BCUT2D eigenvalue weighted by Crippen LogP contribution is 2.54. The molecule has 0 radical (unpaired) electrons. The molecule has 73 heavy (non-hydrogen) atoms. The number of rotatable bonds is 9. The van der Waals surface area contributed by atoms with Crippen molar-refractivity contribution in [2.24, 2.45) is 0 Å². The molecule has 11 aromatic carbocycles. The van der Waals surface area contributed by atoms with Gasteiger partial charge < -0.3 is 4.90 Å². The largest absolute Gasteiger partial charge is 0.309 e. The molecule has 0 saturated heterocycles. The number of hydrogen-bond acceptors (Lipinski definition) is 1. The highest BCUT2D eigenvalue weighted by atomic mass is 15.1. The lowest BCUT2D eigenvalue weighted by atomic mass is 9.78. The van der Waals surface area contributed by atoms with E-state index >= 15 is 0 Å². The van der Waals surface area contributed by atoms with Crippen molar-refractivity contribution in [1.29, 1.82) is 0 Å². The number of hydrogen-bond donors (Lipinski definition) is 0. The first-order chi connectivity index (χ1) is 35.8. The Morgan fingerprint density at radius 2 is 0.616 bits per heavy atom. The molecule has 0 unspecified atom stereocenters. The maximum Gasteiger partial charge on any atom is 0.0540 e. The van der Waals surface area contributed by atoms with Crippen molar-refractivity contribution >= 4 is 17.1 Å². The number of fused-ring (bicyclic) bond motifs is 6. The first-order valence-corrected chi connectivity index (χ1v) is 25.7. The van der Waals surface area contributed by atoms with Gasteiger partial charge >= 0.3 is 0 Å². The summed E-state index contributed by atoms with van der Waals surface area (Å²) in [4.78, 5) is 2.49. The summed E-state index contributed by atoms with van der Waals surface area (Å²) < 4.78 is 0. The van der Waals surface area contributed by atoms with E-state index in [9.17, 15) is 0 Å². The molecule has 1 nitrogen and oxygen atoms in total. The molecule has 0 N–H and O–H groups in total. The molecule has 13 rings (SSSR count). The Bertz CT molecular complexity index is 3890. The Kier molecular flexibility index (Phi) is 10.6. The van der Waals surface area contributed by atoms with Crippen LogP contribution >= 0.6 is 0 Å². The lowest BCUT2D eigenvalue weighted by molar-refractivity contribution is 0.660. The lowest BCUT2D eigenvalue weighted by Gasteiger charge is -2.30. The molecule has 0 bridgehead atoms. The van der Waals surface area contributed by atoms with Gasteiger partial charge in [-0.3, -0.25) is 0 Å². The van der Waals surface area contributed by atoms with Crippen LogP contribution in [-0.2, 0) is 10.8 Å². The summed E-state index contributed by atoms with van der Waals surface area (Å²) >= 11 is 0. The van der Waals surface area contributed by atoms with Crippen molar-refractivity contribution in [2.45, 2.75) is 38.5 Å². The van der Waals surface area contributed by atoms with Crippen molar-refractivity contribution in [3.63, 3.8) is 0 Å². The Morgan fingerprint density at radius 3 is 1.23 bits per heavy atom. The maximum atomic E-state index is 2.49. The van der Waals surface area contributed by atoms with Gasteiger partial charge in [-0.1, -0.05) is 252 Å². The van der Waals surface area contributed by atoms with E-state index in [1.165, 1.54) is 100 Å². The zero-order chi connectivity index (χ0) is 49.3. The molecule has 2 aliphatic carbocycles. The molecule has 0 aliphatic heterocycles. The Hall–Kier alpha value is -8.78. The second kappa shape index (κ2) is 17.5. The summed E-state index contributed by atoms with van der Waals surface area (Å²) in [6.45, 7) is 9.50. The molecule has 0 saturated carbocycles. The van der Waals surface area contributed by atoms with Crippen molar-refractivity contribution in [2.75, 3.05) is 4.90 Å². The highest BCUT2D eigenvalue weighted by molar-refractivity contribution is 5.98. The fraction of sp³-hybridized carbons (Fsp3) is 0.0833. The molecule has 0 atom stereocenters. The summed E-state index contributed by atoms with van der Waals surface area (Å²) in [6.07, 6.45) is 0.